The van der Waals surface area contributed by atoms with Crippen molar-refractivity contribution in [2.45, 2.75) is 32.4 Å². The number of oxazole rings is 1. The van der Waals surface area contributed by atoms with E-state index in [1.807, 2.05) is 24.3 Å². The molecule has 1 atom stereocenters. The minimum Gasteiger partial charge on any atom is -0.452 e. The van der Waals surface area contributed by atoms with Gasteiger partial charge in [0.05, 0.1) is 11.9 Å². The summed E-state index contributed by atoms with van der Waals surface area (Å²) in [4.78, 5) is 38.5. The second-order valence-electron chi connectivity index (χ2n) is 6.74. The average molecular weight is 380 g/mol. The van der Waals surface area contributed by atoms with Crippen LogP contribution in [0.25, 0.3) is 11.1 Å². The van der Waals surface area contributed by atoms with Gasteiger partial charge in [-0.25, -0.2) is 4.79 Å². The van der Waals surface area contributed by atoms with Gasteiger partial charge in [-0.15, -0.1) is 0 Å². The molecule has 3 aromatic rings. The summed E-state index contributed by atoms with van der Waals surface area (Å²) in [5, 5.41) is 0. The van der Waals surface area contributed by atoms with Gasteiger partial charge in [-0.2, -0.15) is 0 Å². The van der Waals surface area contributed by atoms with Crippen LogP contribution in [0, 0.1) is 0 Å². The van der Waals surface area contributed by atoms with E-state index in [1.165, 1.54) is 4.57 Å². The maximum atomic E-state index is 12.7. The number of aryl methyl sites for hydroxylation is 1. The number of fused-ring (bicyclic) bond motifs is 2. The second-order valence-corrected chi connectivity index (χ2v) is 6.74. The minimum absolute atomic E-state index is 0.0301. The van der Waals surface area contributed by atoms with Crippen LogP contribution in [-0.4, -0.2) is 29.1 Å². The molecule has 7 nitrogen and oxygen atoms in total. The zero-order chi connectivity index (χ0) is 19.7. The summed E-state index contributed by atoms with van der Waals surface area (Å²) < 4.78 is 11.8. The summed E-state index contributed by atoms with van der Waals surface area (Å²) in [6.07, 6.45) is -0.132. The zero-order valence-corrected chi connectivity index (χ0v) is 15.5. The normalized spacial score (nSPS) is 14.1. The van der Waals surface area contributed by atoms with E-state index in [-0.39, 0.29) is 18.9 Å². The molecule has 2 aromatic carbocycles. The molecular formula is C21H20N2O5. The fraction of sp³-hybridized carbons (Fsp3) is 0.286. The van der Waals surface area contributed by atoms with E-state index in [2.05, 4.69) is 0 Å². The molecule has 1 aromatic heterocycles. The monoisotopic (exact) mass is 380 g/mol. The molecule has 0 N–H and O–H groups in total. The lowest BCUT2D eigenvalue weighted by Crippen LogP contribution is -2.39. The summed E-state index contributed by atoms with van der Waals surface area (Å²) in [5.74, 6) is -1.30. The molecule has 4 rings (SSSR count). The van der Waals surface area contributed by atoms with Crippen molar-refractivity contribution < 1.29 is 18.7 Å². The first-order valence-electron chi connectivity index (χ1n) is 9.22. The van der Waals surface area contributed by atoms with Gasteiger partial charge < -0.3 is 14.1 Å². The molecule has 144 valence electrons. The van der Waals surface area contributed by atoms with Gasteiger partial charge in [0, 0.05) is 18.8 Å². The Morgan fingerprint density at radius 2 is 1.89 bits per heavy atom. The third-order valence-electron chi connectivity index (χ3n) is 4.92. The number of amides is 1. The Kier molecular flexibility index (Phi) is 4.73. The number of ether oxygens (including phenoxy) is 1. The number of carbonyl (C=O) groups is 2. The predicted octanol–water partition coefficient (Wildman–Crippen LogP) is 2.51. The fourth-order valence-electron chi connectivity index (χ4n) is 3.52. The average Bonchev–Trinajstić information content (AvgIpc) is 3.26. The summed E-state index contributed by atoms with van der Waals surface area (Å²) in [6.45, 7) is 2.28. The van der Waals surface area contributed by atoms with Crippen molar-refractivity contribution in [3.8, 4) is 0 Å². The number of hydrogen-bond acceptors (Lipinski definition) is 5. The third-order valence-corrected chi connectivity index (χ3v) is 4.92. The lowest BCUT2D eigenvalue weighted by molar-refractivity contribution is -0.154. The summed E-state index contributed by atoms with van der Waals surface area (Å²) in [6, 6.07) is 14.7. The molecule has 0 aliphatic carbocycles. The van der Waals surface area contributed by atoms with Crippen molar-refractivity contribution in [2.75, 3.05) is 11.4 Å². The molecule has 28 heavy (non-hydrogen) atoms. The number of hydrogen-bond donors (Lipinski definition) is 0. The van der Waals surface area contributed by atoms with Crippen LogP contribution in [0.4, 0.5) is 5.69 Å². The third kappa shape index (κ3) is 3.31. The fourth-order valence-corrected chi connectivity index (χ4v) is 3.52. The summed E-state index contributed by atoms with van der Waals surface area (Å²) in [7, 11) is 0. The Morgan fingerprint density at radius 1 is 1.14 bits per heavy atom. The Balaban J connectivity index is 1.38. The van der Waals surface area contributed by atoms with Gasteiger partial charge >= 0.3 is 11.7 Å². The number of aromatic nitrogens is 1. The van der Waals surface area contributed by atoms with Crippen LogP contribution in [0.2, 0.25) is 0 Å². The van der Waals surface area contributed by atoms with Gasteiger partial charge in [0.1, 0.15) is 0 Å². The summed E-state index contributed by atoms with van der Waals surface area (Å²) >= 11 is 0. The van der Waals surface area contributed by atoms with E-state index in [0.29, 0.717) is 17.6 Å². The Bertz CT molecular complexity index is 1100. The zero-order valence-electron chi connectivity index (χ0n) is 15.5. The largest absolute Gasteiger partial charge is 0.452 e. The molecule has 1 aliphatic rings. The van der Waals surface area contributed by atoms with E-state index in [9.17, 15) is 14.4 Å². The van der Waals surface area contributed by atoms with Crippen LogP contribution in [-0.2, 0) is 27.3 Å². The van der Waals surface area contributed by atoms with E-state index >= 15 is 0 Å². The smallest absolute Gasteiger partial charge is 0.419 e. The number of carbonyl (C=O) groups excluding carboxylic acids is 2. The minimum atomic E-state index is -0.892. The van der Waals surface area contributed by atoms with Crippen molar-refractivity contribution in [3.63, 3.8) is 0 Å². The van der Waals surface area contributed by atoms with Crippen LogP contribution in [0.3, 0.4) is 0 Å². The van der Waals surface area contributed by atoms with E-state index < -0.39 is 17.8 Å². The molecule has 0 radical (unpaired) electrons. The van der Waals surface area contributed by atoms with Gasteiger partial charge in [-0.3, -0.25) is 14.2 Å². The Morgan fingerprint density at radius 3 is 2.75 bits per heavy atom. The van der Waals surface area contributed by atoms with Crippen molar-refractivity contribution in [3.05, 3.63) is 64.6 Å². The van der Waals surface area contributed by atoms with Gasteiger partial charge in [0.15, 0.2) is 11.7 Å². The van der Waals surface area contributed by atoms with Gasteiger partial charge in [-0.05, 0) is 37.1 Å². The van der Waals surface area contributed by atoms with Crippen molar-refractivity contribution in [1.82, 2.24) is 4.57 Å². The standard InChI is InChI=1S/C21H20N2O5/c1-14(20(25)22-12-10-15-6-2-3-7-16(15)22)27-19(24)11-13-23-17-8-4-5-9-18(17)28-21(23)26/h2-9,14H,10-13H2,1H3/t14-/m1/s1. The highest BCUT2D eigenvalue weighted by Gasteiger charge is 2.29. The lowest BCUT2D eigenvalue weighted by atomic mass is 10.2. The molecule has 0 bridgehead atoms. The molecule has 2 heterocycles. The number of para-hydroxylation sites is 3. The van der Waals surface area contributed by atoms with Crippen molar-refractivity contribution in [2.24, 2.45) is 0 Å². The maximum Gasteiger partial charge on any atom is 0.419 e. The van der Waals surface area contributed by atoms with Crippen molar-refractivity contribution in [1.29, 1.82) is 0 Å². The number of anilines is 1. The molecule has 1 amide bonds. The quantitative estimate of drug-likeness (QED) is 0.635. The topological polar surface area (TPSA) is 81.7 Å². The molecule has 0 fully saturated rings. The van der Waals surface area contributed by atoms with Crippen LogP contribution in [0.5, 0.6) is 0 Å². The SMILES string of the molecule is C[C@@H](OC(=O)CCn1c(=O)oc2ccccc21)C(=O)N1CCc2ccccc21. The number of benzene rings is 2. The highest BCUT2D eigenvalue weighted by atomic mass is 16.5. The maximum absolute atomic E-state index is 12.7. The second kappa shape index (κ2) is 7.34. The highest BCUT2D eigenvalue weighted by Crippen LogP contribution is 2.28. The van der Waals surface area contributed by atoms with Crippen LogP contribution >= 0.6 is 0 Å². The number of rotatable bonds is 5. The van der Waals surface area contributed by atoms with E-state index in [0.717, 1.165) is 17.7 Å². The first-order chi connectivity index (χ1) is 13.5. The predicted molar refractivity (Wildman–Crippen MR) is 103 cm³/mol. The van der Waals surface area contributed by atoms with E-state index in [4.69, 9.17) is 9.15 Å². The van der Waals surface area contributed by atoms with Crippen molar-refractivity contribution >= 4 is 28.7 Å². The van der Waals surface area contributed by atoms with Gasteiger partial charge in [0.25, 0.3) is 5.91 Å². The number of esters is 1. The lowest BCUT2D eigenvalue weighted by Gasteiger charge is -2.21. The molecular weight excluding hydrogens is 360 g/mol. The Hall–Kier alpha value is -3.35. The van der Waals surface area contributed by atoms with Gasteiger partial charge in [0.2, 0.25) is 0 Å². The highest BCUT2D eigenvalue weighted by molar-refractivity contribution is 5.99. The van der Waals surface area contributed by atoms with Crippen LogP contribution < -0.4 is 10.7 Å². The Labute approximate surface area is 161 Å². The van der Waals surface area contributed by atoms with Gasteiger partial charge in [-0.1, -0.05) is 30.3 Å². The first-order valence-corrected chi connectivity index (χ1v) is 9.22. The van der Waals surface area contributed by atoms with Crippen LogP contribution in [0.15, 0.2) is 57.7 Å². The first kappa shape index (κ1) is 18.0. The molecule has 1 aliphatic heterocycles. The molecule has 0 spiro atoms. The van der Waals surface area contributed by atoms with Crippen LogP contribution in [0.1, 0.15) is 18.9 Å². The summed E-state index contributed by atoms with van der Waals surface area (Å²) in [5.41, 5.74) is 3.07. The molecule has 0 saturated carbocycles. The number of nitrogens with zero attached hydrogens (tertiary/aromatic N) is 2. The molecule has 0 saturated heterocycles. The molecule has 7 heteroatoms. The molecule has 0 unspecified atom stereocenters. The van der Waals surface area contributed by atoms with E-state index in [1.54, 1.807) is 36.1 Å².